The van der Waals surface area contributed by atoms with Crippen molar-refractivity contribution < 1.29 is 18.0 Å². The molecule has 0 radical (unpaired) electrons. The van der Waals surface area contributed by atoms with Crippen LogP contribution in [0.1, 0.15) is 11.1 Å². The highest BCUT2D eigenvalue weighted by Gasteiger charge is 2.32. The van der Waals surface area contributed by atoms with Crippen molar-refractivity contribution in [2.24, 2.45) is 5.73 Å². The van der Waals surface area contributed by atoms with E-state index in [2.05, 4.69) is 0 Å². The SMILES string of the molecule is NC(=O)Cc1ccccc1C(F)(F)F. The Morgan fingerprint density at radius 3 is 2.36 bits per heavy atom. The molecule has 0 saturated heterocycles. The van der Waals surface area contributed by atoms with Crippen molar-refractivity contribution in [2.75, 3.05) is 0 Å². The lowest BCUT2D eigenvalue weighted by atomic mass is 10.0. The van der Waals surface area contributed by atoms with Gasteiger partial charge in [-0.05, 0) is 11.6 Å². The fraction of sp³-hybridized carbons (Fsp3) is 0.222. The second kappa shape index (κ2) is 3.69. The molecule has 0 atom stereocenters. The smallest absolute Gasteiger partial charge is 0.369 e. The van der Waals surface area contributed by atoms with E-state index in [4.69, 9.17) is 5.73 Å². The molecule has 1 aromatic rings. The second-order valence-electron chi connectivity index (χ2n) is 2.80. The second-order valence-corrected chi connectivity index (χ2v) is 2.80. The third-order valence-corrected chi connectivity index (χ3v) is 1.69. The van der Waals surface area contributed by atoms with Crippen molar-refractivity contribution >= 4 is 5.91 Å². The summed E-state index contributed by atoms with van der Waals surface area (Å²) in [5.41, 5.74) is 3.93. The lowest BCUT2D eigenvalue weighted by Gasteiger charge is -2.10. The number of amides is 1. The summed E-state index contributed by atoms with van der Waals surface area (Å²) in [7, 11) is 0. The minimum atomic E-state index is -4.44. The molecule has 0 aliphatic carbocycles. The summed E-state index contributed by atoms with van der Waals surface area (Å²) in [4.78, 5) is 10.5. The standard InChI is InChI=1S/C9H8F3NO/c10-9(11,12)7-4-2-1-3-6(7)5-8(13)14/h1-4H,5H2,(H2,13,14). The Balaban J connectivity index is 3.10. The maximum atomic E-state index is 12.3. The molecular weight excluding hydrogens is 195 g/mol. The van der Waals surface area contributed by atoms with Crippen LogP contribution in [0, 0.1) is 0 Å². The maximum absolute atomic E-state index is 12.3. The molecule has 0 saturated carbocycles. The lowest BCUT2D eigenvalue weighted by Crippen LogP contribution is -2.17. The van der Waals surface area contributed by atoms with E-state index >= 15 is 0 Å². The van der Waals surface area contributed by atoms with E-state index in [1.54, 1.807) is 0 Å². The van der Waals surface area contributed by atoms with Crippen LogP contribution in [0.15, 0.2) is 24.3 Å². The van der Waals surface area contributed by atoms with Crippen LogP contribution in [0.2, 0.25) is 0 Å². The van der Waals surface area contributed by atoms with Crippen molar-refractivity contribution in [1.29, 1.82) is 0 Å². The zero-order valence-corrected chi connectivity index (χ0v) is 7.14. The summed E-state index contributed by atoms with van der Waals surface area (Å²) in [6, 6.07) is 4.88. The van der Waals surface area contributed by atoms with Gasteiger partial charge in [0.05, 0.1) is 12.0 Å². The van der Waals surface area contributed by atoms with Crippen LogP contribution in [-0.2, 0) is 17.4 Å². The topological polar surface area (TPSA) is 43.1 Å². The van der Waals surface area contributed by atoms with E-state index in [-0.39, 0.29) is 5.56 Å². The summed E-state index contributed by atoms with van der Waals surface area (Å²) in [5.74, 6) is -0.776. The van der Waals surface area contributed by atoms with Gasteiger partial charge in [0.25, 0.3) is 0 Å². The van der Waals surface area contributed by atoms with Gasteiger partial charge in [-0.25, -0.2) is 0 Å². The highest BCUT2D eigenvalue weighted by atomic mass is 19.4. The predicted octanol–water partition coefficient (Wildman–Crippen LogP) is 1.73. The summed E-state index contributed by atoms with van der Waals surface area (Å²) in [5, 5.41) is 0. The van der Waals surface area contributed by atoms with E-state index in [0.717, 1.165) is 6.07 Å². The van der Waals surface area contributed by atoms with Crippen molar-refractivity contribution in [3.8, 4) is 0 Å². The number of benzene rings is 1. The van der Waals surface area contributed by atoms with Gasteiger partial charge in [-0.1, -0.05) is 18.2 Å². The van der Waals surface area contributed by atoms with Crippen LogP contribution in [0.4, 0.5) is 13.2 Å². The van der Waals surface area contributed by atoms with Gasteiger partial charge in [0.1, 0.15) is 0 Å². The molecule has 0 aromatic heterocycles. The molecule has 0 bridgehead atoms. The van der Waals surface area contributed by atoms with Crippen LogP contribution in [0.3, 0.4) is 0 Å². The molecular formula is C9H8F3NO. The van der Waals surface area contributed by atoms with Crippen LogP contribution in [0.25, 0.3) is 0 Å². The predicted molar refractivity (Wildman–Crippen MR) is 44.3 cm³/mol. The van der Waals surface area contributed by atoms with Crippen molar-refractivity contribution in [3.63, 3.8) is 0 Å². The van der Waals surface area contributed by atoms with E-state index in [1.165, 1.54) is 18.2 Å². The molecule has 2 nitrogen and oxygen atoms in total. The molecule has 2 N–H and O–H groups in total. The average molecular weight is 203 g/mol. The first-order chi connectivity index (χ1) is 6.41. The molecule has 14 heavy (non-hydrogen) atoms. The summed E-state index contributed by atoms with van der Waals surface area (Å²) >= 11 is 0. The average Bonchev–Trinajstić information content (AvgIpc) is 2.01. The van der Waals surface area contributed by atoms with Crippen molar-refractivity contribution in [2.45, 2.75) is 12.6 Å². The molecule has 1 amide bonds. The molecule has 5 heteroatoms. The molecule has 0 aliphatic heterocycles. The molecule has 0 fully saturated rings. The van der Waals surface area contributed by atoms with Gasteiger partial charge < -0.3 is 5.73 Å². The molecule has 0 heterocycles. The van der Waals surface area contributed by atoms with Gasteiger partial charge >= 0.3 is 6.18 Å². The Hall–Kier alpha value is -1.52. The number of nitrogens with two attached hydrogens (primary N) is 1. The van der Waals surface area contributed by atoms with Gasteiger partial charge in [0.2, 0.25) is 5.91 Å². The van der Waals surface area contributed by atoms with Gasteiger partial charge in [0, 0.05) is 0 Å². The summed E-state index contributed by atoms with van der Waals surface area (Å²) < 4.78 is 37.0. The Bertz CT molecular complexity index is 346. The third-order valence-electron chi connectivity index (χ3n) is 1.69. The van der Waals surface area contributed by atoms with E-state index in [9.17, 15) is 18.0 Å². The first kappa shape index (κ1) is 10.6. The fourth-order valence-corrected chi connectivity index (χ4v) is 1.14. The first-order valence-electron chi connectivity index (χ1n) is 3.84. The first-order valence-corrected chi connectivity index (χ1v) is 3.84. The van der Waals surface area contributed by atoms with Crippen LogP contribution in [0.5, 0.6) is 0 Å². The highest BCUT2D eigenvalue weighted by Crippen LogP contribution is 2.31. The number of hydrogen-bond donors (Lipinski definition) is 1. The van der Waals surface area contributed by atoms with E-state index in [0.29, 0.717) is 0 Å². The largest absolute Gasteiger partial charge is 0.416 e. The monoisotopic (exact) mass is 203 g/mol. The van der Waals surface area contributed by atoms with Crippen molar-refractivity contribution in [1.82, 2.24) is 0 Å². The van der Waals surface area contributed by atoms with Crippen LogP contribution >= 0.6 is 0 Å². The van der Waals surface area contributed by atoms with Crippen LogP contribution < -0.4 is 5.73 Å². The van der Waals surface area contributed by atoms with Crippen molar-refractivity contribution in [3.05, 3.63) is 35.4 Å². The molecule has 76 valence electrons. The van der Waals surface area contributed by atoms with Crippen LogP contribution in [-0.4, -0.2) is 5.91 Å². The normalized spacial score (nSPS) is 11.4. The number of carbonyl (C=O) groups is 1. The number of halogens is 3. The maximum Gasteiger partial charge on any atom is 0.416 e. The summed E-state index contributed by atoms with van der Waals surface area (Å²) in [6.07, 6.45) is -4.83. The number of carbonyl (C=O) groups excluding carboxylic acids is 1. The zero-order chi connectivity index (χ0) is 10.8. The fourth-order valence-electron chi connectivity index (χ4n) is 1.14. The molecule has 0 spiro atoms. The molecule has 0 aliphatic rings. The molecule has 1 rings (SSSR count). The van der Waals surface area contributed by atoms with E-state index in [1.807, 2.05) is 0 Å². The summed E-state index contributed by atoms with van der Waals surface area (Å²) in [6.45, 7) is 0. The number of hydrogen-bond acceptors (Lipinski definition) is 1. The van der Waals surface area contributed by atoms with Gasteiger partial charge in [-0.3, -0.25) is 4.79 Å². The number of alkyl halides is 3. The number of primary amides is 1. The van der Waals surface area contributed by atoms with Gasteiger partial charge in [-0.2, -0.15) is 13.2 Å². The number of rotatable bonds is 2. The molecule has 0 unspecified atom stereocenters. The Morgan fingerprint density at radius 1 is 1.29 bits per heavy atom. The highest BCUT2D eigenvalue weighted by molar-refractivity contribution is 5.77. The third kappa shape index (κ3) is 2.48. The Kier molecular flexibility index (Phi) is 2.78. The van der Waals surface area contributed by atoms with Gasteiger partial charge in [0.15, 0.2) is 0 Å². The lowest BCUT2D eigenvalue weighted by molar-refractivity contribution is -0.138. The quantitative estimate of drug-likeness (QED) is 0.781. The minimum Gasteiger partial charge on any atom is -0.369 e. The van der Waals surface area contributed by atoms with Gasteiger partial charge in [-0.15, -0.1) is 0 Å². The molecule has 1 aromatic carbocycles. The zero-order valence-electron chi connectivity index (χ0n) is 7.14. The van der Waals surface area contributed by atoms with E-state index < -0.39 is 24.1 Å². The Labute approximate surface area is 78.5 Å². The Morgan fingerprint density at radius 2 is 1.86 bits per heavy atom. The minimum absolute atomic E-state index is 0.0903.